The lowest BCUT2D eigenvalue weighted by Gasteiger charge is -2.32. The summed E-state index contributed by atoms with van der Waals surface area (Å²) in [5.74, 6) is 1.41. The van der Waals surface area contributed by atoms with Crippen LogP contribution in [0.3, 0.4) is 0 Å². The molecular formula is C13H16N4. The summed E-state index contributed by atoms with van der Waals surface area (Å²) in [6.45, 7) is 4.53. The van der Waals surface area contributed by atoms with Gasteiger partial charge in [-0.15, -0.1) is 0 Å². The van der Waals surface area contributed by atoms with E-state index in [0.717, 1.165) is 18.8 Å². The highest BCUT2D eigenvalue weighted by Gasteiger charge is 2.27. The average molecular weight is 228 g/mol. The highest BCUT2D eigenvalue weighted by molar-refractivity contribution is 5.36. The normalized spacial score (nSPS) is 28.4. The minimum atomic E-state index is 0.249. The second-order valence-corrected chi connectivity index (χ2v) is 4.99. The Morgan fingerprint density at radius 1 is 1.24 bits per heavy atom. The topological polar surface area (TPSA) is 65.4 Å². The van der Waals surface area contributed by atoms with Gasteiger partial charge in [-0.3, -0.25) is 0 Å². The fourth-order valence-corrected chi connectivity index (χ4v) is 2.60. The molecule has 1 aromatic heterocycles. The molecule has 0 saturated heterocycles. The van der Waals surface area contributed by atoms with Crippen LogP contribution in [0, 0.1) is 34.5 Å². The van der Waals surface area contributed by atoms with Gasteiger partial charge in [-0.25, -0.2) is 4.98 Å². The fraction of sp³-hybridized carbons (Fsp3) is 0.615. The third kappa shape index (κ3) is 2.03. The molecule has 2 rings (SSSR count). The molecule has 1 heterocycles. The van der Waals surface area contributed by atoms with E-state index in [-0.39, 0.29) is 5.69 Å². The fourth-order valence-electron chi connectivity index (χ4n) is 2.60. The number of aromatic nitrogens is 2. The number of rotatable bonds is 1. The van der Waals surface area contributed by atoms with Crippen molar-refractivity contribution in [1.29, 1.82) is 10.5 Å². The summed E-state index contributed by atoms with van der Waals surface area (Å²) in [5, 5.41) is 18.0. The van der Waals surface area contributed by atoms with E-state index in [1.165, 1.54) is 6.42 Å². The van der Waals surface area contributed by atoms with Crippen LogP contribution in [0.1, 0.15) is 50.5 Å². The minimum Gasteiger partial charge on any atom is -0.318 e. The standard InChI is InChI=1S/C13H16N4/c1-9-3-4-11(5-10(9)2)17-8-16-12(6-14)13(17)7-15/h8-11H,3-5H2,1-2H3. The van der Waals surface area contributed by atoms with E-state index in [9.17, 15) is 0 Å². The molecule has 4 heteroatoms. The van der Waals surface area contributed by atoms with Crippen molar-refractivity contribution >= 4 is 0 Å². The second-order valence-electron chi connectivity index (χ2n) is 4.99. The molecule has 0 spiro atoms. The van der Waals surface area contributed by atoms with Gasteiger partial charge >= 0.3 is 0 Å². The summed E-state index contributed by atoms with van der Waals surface area (Å²) in [7, 11) is 0. The molecule has 0 aromatic carbocycles. The zero-order valence-electron chi connectivity index (χ0n) is 10.2. The molecule has 1 saturated carbocycles. The molecule has 17 heavy (non-hydrogen) atoms. The molecule has 88 valence electrons. The maximum Gasteiger partial charge on any atom is 0.176 e. The summed E-state index contributed by atoms with van der Waals surface area (Å²) in [6, 6.07) is 4.39. The molecule has 0 aliphatic heterocycles. The summed E-state index contributed by atoms with van der Waals surface area (Å²) in [4.78, 5) is 4.00. The molecule has 0 N–H and O–H groups in total. The molecule has 3 unspecified atom stereocenters. The summed E-state index contributed by atoms with van der Waals surface area (Å²) >= 11 is 0. The smallest absolute Gasteiger partial charge is 0.176 e. The van der Waals surface area contributed by atoms with Crippen molar-refractivity contribution in [2.75, 3.05) is 0 Å². The Kier molecular flexibility index (Phi) is 3.15. The third-order valence-electron chi connectivity index (χ3n) is 3.97. The van der Waals surface area contributed by atoms with Crippen molar-refractivity contribution in [3.05, 3.63) is 17.7 Å². The first-order chi connectivity index (χ1) is 8.17. The molecule has 0 bridgehead atoms. The van der Waals surface area contributed by atoms with E-state index in [1.807, 2.05) is 10.6 Å². The van der Waals surface area contributed by atoms with Gasteiger partial charge in [0.25, 0.3) is 0 Å². The second kappa shape index (κ2) is 4.59. The van der Waals surface area contributed by atoms with Gasteiger partial charge in [0.2, 0.25) is 0 Å². The Morgan fingerprint density at radius 3 is 2.59 bits per heavy atom. The zero-order valence-corrected chi connectivity index (χ0v) is 10.2. The van der Waals surface area contributed by atoms with Crippen LogP contribution >= 0.6 is 0 Å². The maximum atomic E-state index is 9.11. The number of nitriles is 2. The highest BCUT2D eigenvalue weighted by Crippen LogP contribution is 2.36. The molecule has 1 aliphatic rings. The van der Waals surface area contributed by atoms with Crippen LogP contribution in [0.15, 0.2) is 6.33 Å². The predicted molar refractivity (Wildman–Crippen MR) is 62.9 cm³/mol. The van der Waals surface area contributed by atoms with Crippen LogP contribution < -0.4 is 0 Å². The number of hydrogen-bond donors (Lipinski definition) is 0. The molecule has 3 atom stereocenters. The number of nitrogens with zero attached hydrogens (tertiary/aromatic N) is 4. The lowest BCUT2D eigenvalue weighted by Crippen LogP contribution is -2.23. The van der Waals surface area contributed by atoms with Crippen molar-refractivity contribution in [3.63, 3.8) is 0 Å². The Bertz CT molecular complexity index is 488. The van der Waals surface area contributed by atoms with Gasteiger partial charge < -0.3 is 4.57 Å². The van der Waals surface area contributed by atoms with Gasteiger partial charge in [-0.1, -0.05) is 13.8 Å². The van der Waals surface area contributed by atoms with Crippen molar-refractivity contribution < 1.29 is 0 Å². The van der Waals surface area contributed by atoms with Crippen molar-refractivity contribution in [1.82, 2.24) is 9.55 Å². The lowest BCUT2D eigenvalue weighted by atomic mass is 9.79. The Hall–Kier alpha value is -1.81. The minimum absolute atomic E-state index is 0.249. The molecule has 4 nitrogen and oxygen atoms in total. The van der Waals surface area contributed by atoms with E-state index >= 15 is 0 Å². The first-order valence-corrected chi connectivity index (χ1v) is 6.04. The van der Waals surface area contributed by atoms with Crippen LogP contribution in [0.4, 0.5) is 0 Å². The van der Waals surface area contributed by atoms with Crippen LogP contribution in [0.5, 0.6) is 0 Å². The molecule has 1 aromatic rings. The highest BCUT2D eigenvalue weighted by atomic mass is 15.1. The van der Waals surface area contributed by atoms with E-state index in [1.54, 1.807) is 6.33 Å². The van der Waals surface area contributed by atoms with E-state index < -0.39 is 0 Å². The number of imidazole rings is 1. The van der Waals surface area contributed by atoms with Crippen LogP contribution in [-0.4, -0.2) is 9.55 Å². The van der Waals surface area contributed by atoms with Crippen LogP contribution in [0.2, 0.25) is 0 Å². The van der Waals surface area contributed by atoms with Crippen LogP contribution in [0.25, 0.3) is 0 Å². The summed E-state index contributed by atoms with van der Waals surface area (Å²) in [5.41, 5.74) is 0.665. The van der Waals surface area contributed by atoms with Gasteiger partial charge in [-0.2, -0.15) is 10.5 Å². The van der Waals surface area contributed by atoms with E-state index in [0.29, 0.717) is 17.7 Å². The van der Waals surface area contributed by atoms with E-state index in [4.69, 9.17) is 10.5 Å². The number of hydrogen-bond acceptors (Lipinski definition) is 3. The van der Waals surface area contributed by atoms with Crippen molar-refractivity contribution in [2.24, 2.45) is 11.8 Å². The lowest BCUT2D eigenvalue weighted by molar-refractivity contribution is 0.210. The maximum absolute atomic E-state index is 9.11. The van der Waals surface area contributed by atoms with Gasteiger partial charge in [0.1, 0.15) is 12.1 Å². The first kappa shape index (κ1) is 11.7. The molecule has 0 amide bonds. The molecule has 1 aliphatic carbocycles. The zero-order chi connectivity index (χ0) is 12.4. The van der Waals surface area contributed by atoms with Gasteiger partial charge in [0.05, 0.1) is 6.33 Å². The van der Waals surface area contributed by atoms with Crippen LogP contribution in [-0.2, 0) is 0 Å². The summed E-state index contributed by atoms with van der Waals surface area (Å²) in [6.07, 6.45) is 4.96. The largest absolute Gasteiger partial charge is 0.318 e. The summed E-state index contributed by atoms with van der Waals surface area (Å²) < 4.78 is 1.89. The van der Waals surface area contributed by atoms with Crippen molar-refractivity contribution in [3.8, 4) is 12.1 Å². The first-order valence-electron chi connectivity index (χ1n) is 6.04. The Balaban J connectivity index is 2.27. The van der Waals surface area contributed by atoms with Crippen molar-refractivity contribution in [2.45, 2.75) is 39.2 Å². The van der Waals surface area contributed by atoms with E-state index in [2.05, 4.69) is 24.9 Å². The van der Waals surface area contributed by atoms with Gasteiger partial charge in [-0.05, 0) is 31.1 Å². The Labute approximate surface area is 101 Å². The Morgan fingerprint density at radius 2 is 2.00 bits per heavy atom. The molecular weight excluding hydrogens is 212 g/mol. The molecule has 0 radical (unpaired) electrons. The van der Waals surface area contributed by atoms with Gasteiger partial charge in [0, 0.05) is 6.04 Å². The third-order valence-corrected chi connectivity index (χ3v) is 3.97. The SMILES string of the molecule is CC1CCC(n2cnc(C#N)c2C#N)CC1C. The molecule has 1 fully saturated rings. The predicted octanol–water partition coefficient (Wildman–Crippen LogP) is 2.62. The average Bonchev–Trinajstić information content (AvgIpc) is 2.75. The van der Waals surface area contributed by atoms with Gasteiger partial charge in [0.15, 0.2) is 11.4 Å². The monoisotopic (exact) mass is 228 g/mol. The quantitative estimate of drug-likeness (QED) is 0.742.